The van der Waals surface area contributed by atoms with Gasteiger partial charge in [-0.2, -0.15) is 11.3 Å². The largest absolute Gasteiger partial charge is 0.472 e. The first-order valence-corrected chi connectivity index (χ1v) is 10.8. The molecule has 2 aliphatic heterocycles. The van der Waals surface area contributed by atoms with Gasteiger partial charge in [-0.05, 0) is 51.7 Å². The van der Waals surface area contributed by atoms with E-state index in [1.807, 2.05) is 18.2 Å². The number of rotatable bonds is 3. The van der Waals surface area contributed by atoms with Gasteiger partial charge in [0.05, 0.1) is 22.7 Å². The van der Waals surface area contributed by atoms with Crippen molar-refractivity contribution in [3.8, 4) is 11.1 Å². The molecule has 0 N–H and O–H groups in total. The fourth-order valence-corrected chi connectivity index (χ4v) is 6.96. The van der Waals surface area contributed by atoms with Gasteiger partial charge in [-0.1, -0.05) is 6.07 Å². The van der Waals surface area contributed by atoms with Crippen LogP contribution in [0.2, 0.25) is 0 Å². The molecule has 1 saturated heterocycles. The summed E-state index contributed by atoms with van der Waals surface area (Å²) in [4.78, 5) is 2.78. The smallest absolute Gasteiger partial charge is 0.183 e. The number of likely N-dealkylation sites (tertiary alicyclic amines) is 1. The Bertz CT molecular complexity index is 1010. The molecular formula is C19H17NO3S2. The summed E-state index contributed by atoms with van der Waals surface area (Å²) in [6, 6.07) is 9.70. The summed E-state index contributed by atoms with van der Waals surface area (Å²) in [7, 11) is -3.24. The second-order valence-corrected chi connectivity index (χ2v) is 9.70. The maximum Gasteiger partial charge on any atom is 0.183 e. The molecule has 0 amide bonds. The minimum atomic E-state index is -3.24. The van der Waals surface area contributed by atoms with E-state index in [0.29, 0.717) is 11.4 Å². The average Bonchev–Trinajstić information content (AvgIpc) is 3.37. The van der Waals surface area contributed by atoms with Crippen molar-refractivity contribution in [1.82, 2.24) is 4.90 Å². The summed E-state index contributed by atoms with van der Waals surface area (Å²) in [5.74, 6) is 0.0606. The van der Waals surface area contributed by atoms with E-state index in [1.54, 1.807) is 29.9 Å². The maximum absolute atomic E-state index is 13.0. The van der Waals surface area contributed by atoms with E-state index >= 15 is 0 Å². The van der Waals surface area contributed by atoms with Gasteiger partial charge < -0.3 is 4.42 Å². The molecule has 0 saturated carbocycles. The van der Waals surface area contributed by atoms with Crippen LogP contribution in [0.15, 0.2) is 62.9 Å². The molecule has 25 heavy (non-hydrogen) atoms. The van der Waals surface area contributed by atoms with Crippen LogP contribution in [-0.4, -0.2) is 31.7 Å². The van der Waals surface area contributed by atoms with Crippen LogP contribution >= 0.6 is 11.3 Å². The average molecular weight is 371 g/mol. The van der Waals surface area contributed by atoms with Crippen molar-refractivity contribution in [2.45, 2.75) is 22.6 Å². The molecule has 5 rings (SSSR count). The number of hydrogen-bond donors (Lipinski definition) is 0. The Kier molecular flexibility index (Phi) is 3.42. The summed E-state index contributed by atoms with van der Waals surface area (Å²) in [5, 5.41) is 3.88. The van der Waals surface area contributed by atoms with Crippen molar-refractivity contribution in [2.24, 2.45) is 0 Å². The van der Waals surface area contributed by atoms with Gasteiger partial charge in [-0.15, -0.1) is 0 Å². The summed E-state index contributed by atoms with van der Waals surface area (Å²) in [6.07, 6.45) is 3.33. The highest BCUT2D eigenvalue weighted by Gasteiger charge is 2.50. The lowest BCUT2D eigenvalue weighted by atomic mass is 9.95. The summed E-state index contributed by atoms with van der Waals surface area (Å²) < 4.78 is 31.1. The van der Waals surface area contributed by atoms with Crippen LogP contribution in [0.5, 0.6) is 0 Å². The highest BCUT2D eigenvalue weighted by Crippen LogP contribution is 2.46. The summed E-state index contributed by atoms with van der Waals surface area (Å²) >= 11 is 1.68. The lowest BCUT2D eigenvalue weighted by Crippen LogP contribution is -2.25. The first kappa shape index (κ1) is 15.4. The molecular weight excluding hydrogens is 354 g/mol. The van der Waals surface area contributed by atoms with Gasteiger partial charge in [0.25, 0.3) is 0 Å². The van der Waals surface area contributed by atoms with Crippen LogP contribution in [0, 0.1) is 0 Å². The van der Waals surface area contributed by atoms with Crippen LogP contribution in [0.1, 0.15) is 17.0 Å². The van der Waals surface area contributed by atoms with Gasteiger partial charge in [-0.3, -0.25) is 4.90 Å². The Morgan fingerprint density at radius 3 is 2.84 bits per heavy atom. The highest BCUT2D eigenvalue weighted by molar-refractivity contribution is 7.92. The second-order valence-electron chi connectivity index (χ2n) is 6.78. The Labute approximate surface area is 150 Å². The Balaban J connectivity index is 1.51. The van der Waals surface area contributed by atoms with Gasteiger partial charge in [-0.25, -0.2) is 8.42 Å². The monoisotopic (exact) mass is 371 g/mol. The van der Waals surface area contributed by atoms with E-state index < -0.39 is 9.84 Å². The van der Waals surface area contributed by atoms with Crippen LogP contribution in [0.3, 0.4) is 0 Å². The molecule has 0 bridgehead atoms. The molecule has 3 aromatic rings. The van der Waals surface area contributed by atoms with E-state index in [2.05, 4.69) is 21.7 Å². The van der Waals surface area contributed by atoms with Crippen molar-refractivity contribution < 1.29 is 12.8 Å². The van der Waals surface area contributed by atoms with Crippen LogP contribution in [0.25, 0.3) is 11.1 Å². The van der Waals surface area contributed by atoms with Crippen LogP contribution in [0.4, 0.5) is 0 Å². The van der Waals surface area contributed by atoms with Gasteiger partial charge >= 0.3 is 0 Å². The third kappa shape index (κ3) is 2.39. The zero-order valence-electron chi connectivity index (χ0n) is 13.5. The molecule has 0 aliphatic carbocycles. The third-order valence-electron chi connectivity index (χ3n) is 5.30. The molecule has 0 radical (unpaired) electrons. The number of benzene rings is 1. The van der Waals surface area contributed by atoms with Crippen molar-refractivity contribution in [3.63, 3.8) is 0 Å². The molecule has 0 spiro atoms. The zero-order valence-corrected chi connectivity index (χ0v) is 15.1. The molecule has 4 heterocycles. The standard InChI is InChI=1S/C19H17NO3S2/c21-25(22)18-2-1-14(15-3-5-23-11-15)7-16(18)17-9-20(10-19(17)25)8-13-4-6-24-12-13/h1-7,11-12,17,19H,8-10H2/t17-,19+/m0/s1. The predicted molar refractivity (Wildman–Crippen MR) is 97.5 cm³/mol. The summed E-state index contributed by atoms with van der Waals surface area (Å²) in [6.45, 7) is 2.23. The number of sulfone groups is 1. The van der Waals surface area contributed by atoms with Gasteiger partial charge in [0.2, 0.25) is 0 Å². The number of nitrogens with zero attached hydrogens (tertiary/aromatic N) is 1. The molecule has 2 aliphatic rings. The first-order valence-electron chi connectivity index (χ1n) is 8.27. The Morgan fingerprint density at radius 2 is 2.08 bits per heavy atom. The SMILES string of the molecule is O=S1(=O)c2ccc(-c3ccoc3)cc2[C@@H]2CN(Cc3ccsc3)C[C@H]21. The summed E-state index contributed by atoms with van der Waals surface area (Å²) in [5.41, 5.74) is 4.22. The molecule has 128 valence electrons. The normalized spacial score (nSPS) is 24.3. The first-order chi connectivity index (χ1) is 12.1. The Morgan fingerprint density at radius 1 is 1.16 bits per heavy atom. The lowest BCUT2D eigenvalue weighted by molar-refractivity contribution is 0.326. The molecule has 2 aromatic heterocycles. The fourth-order valence-electron chi connectivity index (χ4n) is 4.10. The van der Waals surface area contributed by atoms with Crippen molar-refractivity contribution in [2.75, 3.05) is 13.1 Å². The van der Waals surface area contributed by atoms with E-state index in [9.17, 15) is 8.42 Å². The third-order valence-corrected chi connectivity index (χ3v) is 8.29. The quantitative estimate of drug-likeness (QED) is 0.703. The molecule has 6 heteroatoms. The fraction of sp³-hybridized carbons (Fsp3) is 0.263. The van der Waals surface area contributed by atoms with E-state index in [-0.39, 0.29) is 11.2 Å². The number of thiophene rings is 1. The van der Waals surface area contributed by atoms with Crippen LogP contribution < -0.4 is 0 Å². The molecule has 1 aromatic carbocycles. The van der Waals surface area contributed by atoms with Crippen molar-refractivity contribution >= 4 is 21.2 Å². The van der Waals surface area contributed by atoms with Gasteiger partial charge in [0.15, 0.2) is 9.84 Å². The van der Waals surface area contributed by atoms with E-state index in [0.717, 1.165) is 29.8 Å². The highest BCUT2D eigenvalue weighted by atomic mass is 32.2. The predicted octanol–water partition coefficient (Wildman–Crippen LogP) is 3.76. The zero-order chi connectivity index (χ0) is 17.0. The minimum absolute atomic E-state index is 0.0606. The molecule has 0 unspecified atom stereocenters. The van der Waals surface area contributed by atoms with Gasteiger partial charge in [0.1, 0.15) is 0 Å². The topological polar surface area (TPSA) is 50.5 Å². The molecule has 2 atom stereocenters. The molecule has 4 nitrogen and oxygen atoms in total. The van der Waals surface area contributed by atoms with Crippen LogP contribution in [-0.2, 0) is 16.4 Å². The molecule has 1 fully saturated rings. The Hall–Kier alpha value is -1.89. The number of fused-ring (bicyclic) bond motifs is 3. The second kappa shape index (κ2) is 5.56. The van der Waals surface area contributed by atoms with E-state index in [1.165, 1.54) is 5.56 Å². The number of hydrogen-bond acceptors (Lipinski definition) is 5. The maximum atomic E-state index is 13.0. The minimum Gasteiger partial charge on any atom is -0.472 e. The van der Waals surface area contributed by atoms with Crippen molar-refractivity contribution in [1.29, 1.82) is 0 Å². The van der Waals surface area contributed by atoms with E-state index in [4.69, 9.17) is 4.42 Å². The van der Waals surface area contributed by atoms with Crippen molar-refractivity contribution in [3.05, 3.63) is 64.7 Å². The number of furan rings is 1. The van der Waals surface area contributed by atoms with Gasteiger partial charge in [0, 0.05) is 31.1 Å². The lowest BCUT2D eigenvalue weighted by Gasteiger charge is -2.16.